The van der Waals surface area contributed by atoms with E-state index in [1.54, 1.807) is 13.8 Å². The topological polar surface area (TPSA) is 56.7 Å². The minimum atomic E-state index is -4.39. The number of nitrogens with zero attached hydrogens (tertiary/aromatic N) is 3. The molecule has 1 saturated heterocycles. The zero-order chi connectivity index (χ0) is 16.5. The third-order valence-electron chi connectivity index (χ3n) is 3.99. The molecule has 1 aromatic rings. The smallest absolute Gasteiger partial charge is 0.417 e. The van der Waals surface area contributed by atoms with Gasteiger partial charge >= 0.3 is 12.1 Å². The fraction of sp³-hybridized carbons (Fsp3) is 0.571. The summed E-state index contributed by atoms with van der Waals surface area (Å²) in [7, 11) is 0. The van der Waals surface area contributed by atoms with Crippen LogP contribution in [0, 0.1) is 0 Å². The maximum atomic E-state index is 12.5. The molecule has 122 valence electrons. The lowest BCUT2D eigenvalue weighted by Crippen LogP contribution is -2.58. The average Bonchev–Trinajstić information content (AvgIpc) is 2.46. The van der Waals surface area contributed by atoms with Gasteiger partial charge in [-0.2, -0.15) is 13.2 Å². The van der Waals surface area contributed by atoms with Crippen molar-refractivity contribution in [3.8, 4) is 0 Å². The van der Waals surface area contributed by atoms with Gasteiger partial charge in [0.1, 0.15) is 11.4 Å². The number of hydrogen-bond donors (Lipinski definition) is 1. The van der Waals surface area contributed by atoms with Gasteiger partial charge < -0.3 is 10.0 Å². The Morgan fingerprint density at radius 1 is 1.18 bits per heavy atom. The number of rotatable bonds is 3. The largest absolute Gasteiger partial charge is 0.480 e. The van der Waals surface area contributed by atoms with Gasteiger partial charge in [-0.15, -0.1) is 0 Å². The summed E-state index contributed by atoms with van der Waals surface area (Å²) in [5.41, 5.74) is -1.73. The normalized spacial score (nSPS) is 17.6. The molecule has 5 nitrogen and oxygen atoms in total. The van der Waals surface area contributed by atoms with Gasteiger partial charge in [0, 0.05) is 32.4 Å². The van der Waals surface area contributed by atoms with E-state index in [-0.39, 0.29) is 0 Å². The summed E-state index contributed by atoms with van der Waals surface area (Å²) in [4.78, 5) is 18.8. The average molecular weight is 317 g/mol. The molecular weight excluding hydrogens is 299 g/mol. The highest BCUT2D eigenvalue weighted by Gasteiger charge is 2.36. The number of alkyl halides is 3. The van der Waals surface area contributed by atoms with Crippen molar-refractivity contribution in [1.29, 1.82) is 0 Å². The fourth-order valence-corrected chi connectivity index (χ4v) is 2.37. The molecule has 0 amide bonds. The van der Waals surface area contributed by atoms with E-state index < -0.39 is 23.2 Å². The Hall–Kier alpha value is -1.83. The lowest BCUT2D eigenvalue weighted by molar-refractivity contribution is -0.149. The number of hydrogen-bond acceptors (Lipinski definition) is 4. The first kappa shape index (κ1) is 16.5. The predicted molar refractivity (Wildman–Crippen MR) is 74.7 cm³/mol. The molecule has 0 aliphatic carbocycles. The van der Waals surface area contributed by atoms with Crippen LogP contribution in [0.5, 0.6) is 0 Å². The van der Waals surface area contributed by atoms with Gasteiger partial charge in [-0.1, -0.05) is 0 Å². The molecular formula is C14H18F3N3O2. The van der Waals surface area contributed by atoms with E-state index >= 15 is 0 Å². The third kappa shape index (κ3) is 3.32. The van der Waals surface area contributed by atoms with Gasteiger partial charge in [-0.05, 0) is 26.0 Å². The first-order valence-electron chi connectivity index (χ1n) is 6.89. The highest BCUT2D eigenvalue weighted by Crippen LogP contribution is 2.29. The van der Waals surface area contributed by atoms with E-state index in [1.807, 2.05) is 9.80 Å². The van der Waals surface area contributed by atoms with Crippen molar-refractivity contribution in [1.82, 2.24) is 9.88 Å². The molecule has 0 bridgehead atoms. The van der Waals surface area contributed by atoms with Crippen molar-refractivity contribution < 1.29 is 23.1 Å². The standard InChI is InChI=1S/C14H18F3N3O2/c1-13(2,12(21)22)20-7-5-19(6-8-20)11-4-3-10(9-18-11)14(15,16)17/h3-4,9H,5-8H2,1-2H3,(H,21,22). The molecule has 8 heteroatoms. The van der Waals surface area contributed by atoms with Gasteiger partial charge in [-0.25, -0.2) is 4.98 Å². The van der Waals surface area contributed by atoms with Crippen LogP contribution in [0.15, 0.2) is 18.3 Å². The number of pyridine rings is 1. The van der Waals surface area contributed by atoms with Crippen LogP contribution >= 0.6 is 0 Å². The quantitative estimate of drug-likeness (QED) is 0.925. The number of aliphatic carboxylic acids is 1. The first-order valence-corrected chi connectivity index (χ1v) is 6.89. The molecule has 1 aliphatic rings. The Balaban J connectivity index is 2.02. The predicted octanol–water partition coefficient (Wildman–Crippen LogP) is 2.09. The van der Waals surface area contributed by atoms with E-state index in [4.69, 9.17) is 0 Å². The summed E-state index contributed by atoms with van der Waals surface area (Å²) in [6.45, 7) is 5.36. The molecule has 22 heavy (non-hydrogen) atoms. The molecule has 2 heterocycles. The second-order valence-electron chi connectivity index (χ2n) is 5.74. The van der Waals surface area contributed by atoms with Gasteiger partial charge in [0.15, 0.2) is 0 Å². The lowest BCUT2D eigenvalue weighted by atomic mass is 10.0. The van der Waals surface area contributed by atoms with Crippen molar-refractivity contribution in [3.05, 3.63) is 23.9 Å². The highest BCUT2D eigenvalue weighted by atomic mass is 19.4. The summed E-state index contributed by atoms with van der Waals surface area (Å²) in [5, 5.41) is 9.21. The summed E-state index contributed by atoms with van der Waals surface area (Å²) in [5.74, 6) is -0.422. The molecule has 0 atom stereocenters. The highest BCUT2D eigenvalue weighted by molar-refractivity contribution is 5.77. The minimum Gasteiger partial charge on any atom is -0.480 e. The van der Waals surface area contributed by atoms with Crippen LogP contribution in [0.3, 0.4) is 0 Å². The summed E-state index contributed by atoms with van der Waals surface area (Å²) >= 11 is 0. The molecule has 1 fully saturated rings. The molecule has 1 N–H and O–H groups in total. The van der Waals surface area contributed by atoms with Crippen molar-refractivity contribution in [2.45, 2.75) is 25.6 Å². The molecule has 0 aromatic carbocycles. The number of halogens is 3. The van der Waals surface area contributed by atoms with Crippen LogP contribution in [-0.2, 0) is 11.0 Å². The van der Waals surface area contributed by atoms with Crippen LogP contribution in [0.25, 0.3) is 0 Å². The van der Waals surface area contributed by atoms with Gasteiger partial charge in [0.2, 0.25) is 0 Å². The molecule has 0 unspecified atom stereocenters. The molecule has 1 aromatic heterocycles. The number of carboxylic acid groups (broad SMARTS) is 1. The summed E-state index contributed by atoms with van der Waals surface area (Å²) in [6.07, 6.45) is -3.57. The molecule has 2 rings (SSSR count). The SMILES string of the molecule is CC(C)(C(=O)O)N1CCN(c2ccc(C(F)(F)F)cn2)CC1. The first-order chi connectivity index (χ1) is 10.1. The minimum absolute atomic E-state index is 0.473. The third-order valence-corrected chi connectivity index (χ3v) is 3.99. The Bertz CT molecular complexity index is 535. The summed E-state index contributed by atoms with van der Waals surface area (Å²) in [6, 6.07) is 2.36. The zero-order valence-electron chi connectivity index (χ0n) is 12.4. The van der Waals surface area contributed by atoms with Crippen LogP contribution in [-0.4, -0.2) is 52.7 Å². The van der Waals surface area contributed by atoms with Gasteiger partial charge in [-0.3, -0.25) is 9.69 Å². The van der Waals surface area contributed by atoms with E-state index in [2.05, 4.69) is 4.98 Å². The van der Waals surface area contributed by atoms with Crippen molar-refractivity contribution >= 4 is 11.8 Å². The maximum Gasteiger partial charge on any atom is 0.417 e. The molecule has 0 saturated carbocycles. The second kappa shape index (κ2) is 5.75. The Labute approximate surface area is 126 Å². The Kier molecular flexibility index (Phi) is 4.32. The van der Waals surface area contributed by atoms with Crippen LogP contribution in [0.2, 0.25) is 0 Å². The Morgan fingerprint density at radius 2 is 1.77 bits per heavy atom. The van der Waals surface area contributed by atoms with E-state index in [9.17, 15) is 23.1 Å². The number of carboxylic acids is 1. The van der Waals surface area contributed by atoms with Gasteiger partial charge in [0.25, 0.3) is 0 Å². The maximum absolute atomic E-state index is 12.5. The molecule has 1 aliphatic heterocycles. The fourth-order valence-electron chi connectivity index (χ4n) is 2.37. The molecule has 0 spiro atoms. The summed E-state index contributed by atoms with van der Waals surface area (Å²) < 4.78 is 37.5. The Morgan fingerprint density at radius 3 is 2.18 bits per heavy atom. The van der Waals surface area contributed by atoms with E-state index in [0.717, 1.165) is 12.3 Å². The lowest BCUT2D eigenvalue weighted by Gasteiger charge is -2.42. The zero-order valence-corrected chi connectivity index (χ0v) is 12.4. The van der Waals surface area contributed by atoms with Crippen molar-refractivity contribution in [2.24, 2.45) is 0 Å². The number of carbonyl (C=O) groups is 1. The number of anilines is 1. The van der Waals surface area contributed by atoms with Crippen LogP contribution in [0.4, 0.5) is 19.0 Å². The van der Waals surface area contributed by atoms with Gasteiger partial charge in [0.05, 0.1) is 5.56 Å². The number of piperazine rings is 1. The van der Waals surface area contributed by atoms with Crippen LogP contribution in [0.1, 0.15) is 19.4 Å². The molecule has 0 radical (unpaired) electrons. The second-order valence-corrected chi connectivity index (χ2v) is 5.74. The van der Waals surface area contributed by atoms with Crippen molar-refractivity contribution in [2.75, 3.05) is 31.1 Å². The van der Waals surface area contributed by atoms with E-state index in [1.165, 1.54) is 6.07 Å². The van der Waals surface area contributed by atoms with E-state index in [0.29, 0.717) is 32.0 Å². The van der Waals surface area contributed by atoms with Crippen molar-refractivity contribution in [3.63, 3.8) is 0 Å². The van der Waals surface area contributed by atoms with Crippen LogP contribution < -0.4 is 4.90 Å². The monoisotopic (exact) mass is 317 g/mol. The number of aromatic nitrogens is 1.